The number of hydrogen-bond acceptors (Lipinski definition) is 6. The van der Waals surface area contributed by atoms with Gasteiger partial charge in [0, 0.05) is 18.3 Å². The van der Waals surface area contributed by atoms with E-state index in [0.29, 0.717) is 12.0 Å². The second kappa shape index (κ2) is 7.72. The Hall–Kier alpha value is -2.18. The van der Waals surface area contributed by atoms with Crippen molar-refractivity contribution in [3.05, 3.63) is 46.3 Å². The van der Waals surface area contributed by atoms with Crippen LogP contribution in [0.2, 0.25) is 0 Å². The zero-order chi connectivity index (χ0) is 15.9. The summed E-state index contributed by atoms with van der Waals surface area (Å²) in [5, 5.41) is 3.46. The lowest BCUT2D eigenvalue weighted by molar-refractivity contribution is -0.142. The molecule has 0 aliphatic carbocycles. The predicted octanol–water partition coefficient (Wildman–Crippen LogP) is 2.92. The van der Waals surface area contributed by atoms with Crippen LogP contribution in [-0.2, 0) is 14.3 Å². The lowest BCUT2D eigenvalue weighted by atomic mass is 10.1. The third kappa shape index (κ3) is 4.41. The van der Waals surface area contributed by atoms with E-state index in [2.05, 4.69) is 10.0 Å². The van der Waals surface area contributed by atoms with Crippen LogP contribution in [0.15, 0.2) is 35.4 Å². The zero-order valence-electron chi connectivity index (χ0n) is 11.9. The van der Waals surface area contributed by atoms with Crippen LogP contribution in [0.1, 0.15) is 23.7 Å². The van der Waals surface area contributed by atoms with Crippen molar-refractivity contribution < 1.29 is 19.1 Å². The molecular weight excluding hydrogens is 306 g/mol. The maximum atomic E-state index is 11.9. The molecule has 0 unspecified atom stereocenters. The molecule has 0 radical (unpaired) electrons. The highest BCUT2D eigenvalue weighted by Crippen LogP contribution is 2.37. The number of esters is 2. The summed E-state index contributed by atoms with van der Waals surface area (Å²) in [6.45, 7) is 1.42. The molecule has 1 aromatic rings. The first-order valence-electron chi connectivity index (χ1n) is 6.69. The normalized spacial score (nSPS) is 23.4. The highest BCUT2D eigenvalue weighted by atomic mass is 32.2. The predicted molar refractivity (Wildman–Crippen MR) is 81.2 cm³/mol. The van der Waals surface area contributed by atoms with Crippen LogP contribution in [0.5, 0.6) is 0 Å². The van der Waals surface area contributed by atoms with Crippen molar-refractivity contribution >= 4 is 23.7 Å². The van der Waals surface area contributed by atoms with Gasteiger partial charge in [-0.25, -0.2) is 4.79 Å². The fraction of sp³-hybridized carbons (Fsp3) is 0.429. The number of thioether (sulfide) groups is 1. The molecular formula is C14H15N3O4S. The van der Waals surface area contributed by atoms with Gasteiger partial charge in [-0.2, -0.15) is 0 Å². The smallest absolute Gasteiger partial charge is 0.338 e. The van der Waals surface area contributed by atoms with Gasteiger partial charge in [-0.05, 0) is 17.7 Å². The molecule has 1 aliphatic rings. The van der Waals surface area contributed by atoms with Gasteiger partial charge in [0.15, 0.2) is 0 Å². The van der Waals surface area contributed by atoms with Gasteiger partial charge in [-0.3, -0.25) is 4.79 Å². The van der Waals surface area contributed by atoms with Gasteiger partial charge in [0.1, 0.15) is 12.0 Å². The van der Waals surface area contributed by atoms with E-state index >= 15 is 0 Å². The lowest BCUT2D eigenvalue weighted by Crippen LogP contribution is -2.23. The van der Waals surface area contributed by atoms with Crippen molar-refractivity contribution in [3.63, 3.8) is 0 Å². The Kier molecular flexibility index (Phi) is 5.68. The summed E-state index contributed by atoms with van der Waals surface area (Å²) in [5.74, 6) is -0.823. The van der Waals surface area contributed by atoms with E-state index in [1.807, 2.05) is 6.07 Å². The van der Waals surface area contributed by atoms with Crippen molar-refractivity contribution in [1.82, 2.24) is 0 Å². The van der Waals surface area contributed by atoms with Gasteiger partial charge in [-0.1, -0.05) is 23.3 Å². The number of nitrogens with zero attached hydrogens (tertiary/aromatic N) is 3. The molecule has 1 heterocycles. The number of carbonyl (C=O) groups is 2. The van der Waals surface area contributed by atoms with E-state index in [-0.39, 0.29) is 29.3 Å². The summed E-state index contributed by atoms with van der Waals surface area (Å²) in [4.78, 5) is 25.7. The second-order valence-electron chi connectivity index (χ2n) is 4.69. The summed E-state index contributed by atoms with van der Waals surface area (Å²) in [5.41, 5.74) is 8.68. The van der Waals surface area contributed by atoms with E-state index in [1.165, 1.54) is 18.7 Å². The number of carbonyl (C=O) groups excluding carboxylic acids is 2. The molecule has 0 spiro atoms. The third-order valence-electron chi connectivity index (χ3n) is 3.08. The summed E-state index contributed by atoms with van der Waals surface area (Å²) < 4.78 is 10.4. The number of rotatable bonds is 5. The quantitative estimate of drug-likeness (QED) is 0.359. The van der Waals surface area contributed by atoms with Gasteiger partial charge < -0.3 is 9.47 Å². The summed E-state index contributed by atoms with van der Waals surface area (Å²) in [6.07, 6.45) is 0.419. The van der Waals surface area contributed by atoms with Gasteiger partial charge in [-0.15, -0.1) is 11.8 Å². The van der Waals surface area contributed by atoms with E-state index < -0.39 is 5.97 Å². The number of azide groups is 1. The van der Waals surface area contributed by atoms with Gasteiger partial charge in [0.05, 0.1) is 16.9 Å². The Labute approximate surface area is 131 Å². The Morgan fingerprint density at radius 3 is 2.77 bits per heavy atom. The highest BCUT2D eigenvalue weighted by Gasteiger charge is 2.37. The minimum atomic E-state index is -0.433. The van der Waals surface area contributed by atoms with E-state index in [9.17, 15) is 9.59 Å². The molecule has 0 amide bonds. The zero-order valence-corrected chi connectivity index (χ0v) is 12.7. The molecule has 116 valence electrons. The lowest BCUT2D eigenvalue weighted by Gasteiger charge is -2.14. The monoisotopic (exact) mass is 321 g/mol. The fourth-order valence-corrected chi connectivity index (χ4v) is 3.49. The van der Waals surface area contributed by atoms with Crippen LogP contribution in [-0.4, -0.2) is 35.3 Å². The molecule has 1 aliphatic heterocycles. The molecule has 0 N–H and O–H groups in total. The Morgan fingerprint density at radius 2 is 2.14 bits per heavy atom. The molecule has 7 nitrogen and oxygen atoms in total. The molecule has 1 aromatic carbocycles. The summed E-state index contributed by atoms with van der Waals surface area (Å²) in [7, 11) is 0. The van der Waals surface area contributed by atoms with Gasteiger partial charge >= 0.3 is 11.9 Å². The largest absolute Gasteiger partial charge is 0.461 e. The first-order valence-corrected chi connectivity index (χ1v) is 7.63. The summed E-state index contributed by atoms with van der Waals surface area (Å²) >= 11 is 1.34. The standard InChI is InChI=1S/C14H15N3O4S/c1-9(18)21-13-7-11(16-17-15)12(22-13)8-20-14(19)10-5-3-2-4-6-10/h2-6,11-13H,7-8H2,1H3/t11-,12+,13-/m0/s1. The highest BCUT2D eigenvalue weighted by molar-refractivity contribution is 8.00. The maximum Gasteiger partial charge on any atom is 0.338 e. The molecule has 0 aromatic heterocycles. The summed E-state index contributed by atoms with van der Waals surface area (Å²) in [6, 6.07) is 8.27. The molecule has 22 heavy (non-hydrogen) atoms. The SMILES string of the molecule is CC(=O)O[C@@H]1C[C@H](N=[N+]=[N-])[C@@H](COC(=O)c2ccccc2)S1. The minimum Gasteiger partial charge on any atom is -0.461 e. The van der Waals surface area contributed by atoms with Crippen molar-refractivity contribution in [2.45, 2.75) is 30.1 Å². The average molecular weight is 321 g/mol. The molecule has 0 bridgehead atoms. The number of hydrogen-bond donors (Lipinski definition) is 0. The molecule has 2 rings (SSSR count). The minimum absolute atomic E-state index is 0.0971. The average Bonchev–Trinajstić information content (AvgIpc) is 2.87. The topological polar surface area (TPSA) is 101 Å². The van der Waals surface area contributed by atoms with Crippen LogP contribution < -0.4 is 0 Å². The Morgan fingerprint density at radius 1 is 1.41 bits per heavy atom. The van der Waals surface area contributed by atoms with Crippen LogP contribution >= 0.6 is 11.8 Å². The van der Waals surface area contributed by atoms with E-state index in [4.69, 9.17) is 15.0 Å². The molecule has 8 heteroatoms. The van der Waals surface area contributed by atoms with Crippen molar-refractivity contribution in [1.29, 1.82) is 0 Å². The van der Waals surface area contributed by atoms with Crippen molar-refractivity contribution in [3.8, 4) is 0 Å². The van der Waals surface area contributed by atoms with Crippen molar-refractivity contribution in [2.24, 2.45) is 5.11 Å². The molecule has 1 saturated heterocycles. The molecule has 0 saturated carbocycles. The Bertz CT molecular complexity index is 589. The number of benzene rings is 1. The van der Waals surface area contributed by atoms with Gasteiger partial charge in [0.25, 0.3) is 0 Å². The molecule has 1 fully saturated rings. The second-order valence-corrected chi connectivity index (χ2v) is 6.09. The Balaban J connectivity index is 1.93. The van der Waals surface area contributed by atoms with Gasteiger partial charge in [0.2, 0.25) is 0 Å². The first-order chi connectivity index (χ1) is 10.6. The van der Waals surface area contributed by atoms with E-state index in [1.54, 1.807) is 24.3 Å². The fourth-order valence-electron chi connectivity index (χ4n) is 2.10. The van der Waals surface area contributed by atoms with Crippen LogP contribution in [0.25, 0.3) is 10.4 Å². The van der Waals surface area contributed by atoms with E-state index in [0.717, 1.165) is 0 Å². The van der Waals surface area contributed by atoms with Crippen LogP contribution in [0, 0.1) is 0 Å². The van der Waals surface area contributed by atoms with Crippen molar-refractivity contribution in [2.75, 3.05) is 6.61 Å². The van der Waals surface area contributed by atoms with Crippen LogP contribution in [0.3, 0.4) is 0 Å². The van der Waals surface area contributed by atoms with Crippen LogP contribution in [0.4, 0.5) is 0 Å². The molecule has 3 atom stereocenters. The maximum absolute atomic E-state index is 11.9. The third-order valence-corrected chi connectivity index (χ3v) is 4.47. The number of ether oxygens (including phenoxy) is 2. The first kappa shape index (κ1) is 16.2.